The highest BCUT2D eigenvalue weighted by Gasteiger charge is 2.23. The molecule has 1 aliphatic rings. The number of pyridine rings is 3. The molecule has 29 heavy (non-hydrogen) atoms. The average Bonchev–Trinajstić information content (AvgIpc) is 2.72. The Labute approximate surface area is 170 Å². The first-order valence-electron chi connectivity index (χ1n) is 9.92. The van der Waals surface area contributed by atoms with Gasteiger partial charge in [0.15, 0.2) is 0 Å². The molecule has 3 aromatic rings. The summed E-state index contributed by atoms with van der Waals surface area (Å²) in [6.45, 7) is 6.27. The molecule has 0 aliphatic carbocycles. The van der Waals surface area contributed by atoms with Crippen LogP contribution in [0.3, 0.4) is 0 Å². The lowest BCUT2D eigenvalue weighted by Crippen LogP contribution is -2.45. The summed E-state index contributed by atoms with van der Waals surface area (Å²) in [4.78, 5) is 16.4. The molecule has 7 heteroatoms. The van der Waals surface area contributed by atoms with Gasteiger partial charge in [-0.2, -0.15) is 0 Å². The number of nitrogens with two attached hydrogens (primary N) is 1. The van der Waals surface area contributed by atoms with Gasteiger partial charge in [-0.3, -0.25) is 4.98 Å². The molecule has 1 aliphatic heterocycles. The minimum absolute atomic E-state index is 0.185. The highest BCUT2D eigenvalue weighted by molar-refractivity contribution is 5.80. The van der Waals surface area contributed by atoms with Crippen molar-refractivity contribution in [3.63, 3.8) is 0 Å². The van der Waals surface area contributed by atoms with Gasteiger partial charge in [-0.25, -0.2) is 9.97 Å². The normalized spacial score (nSPS) is 20.8. The molecule has 7 nitrogen and oxygen atoms in total. The van der Waals surface area contributed by atoms with E-state index in [1.807, 2.05) is 36.4 Å². The van der Waals surface area contributed by atoms with E-state index in [9.17, 15) is 0 Å². The van der Waals surface area contributed by atoms with Gasteiger partial charge in [0.2, 0.25) is 0 Å². The molecule has 0 radical (unpaired) electrons. The van der Waals surface area contributed by atoms with E-state index in [1.54, 1.807) is 13.3 Å². The minimum Gasteiger partial charge on any atom is -0.383 e. The second kappa shape index (κ2) is 8.41. The van der Waals surface area contributed by atoms with Gasteiger partial charge in [0.25, 0.3) is 0 Å². The Bertz CT molecular complexity index is 986. The average molecular weight is 393 g/mol. The standard InChI is InChI=1S/C22H27N5O2/c1-14-11-27(12-15(2)29-14)22-6-4-5-18(26-22)19-8-7-16-10-24-21(9-20(16)25-19)17(23)13-28-3/h4-10,14-15,17H,11-13,23H2,1-3H3/t14-,15+,17?. The molecular formula is C22H27N5O2. The van der Waals surface area contributed by atoms with Crippen LogP contribution >= 0.6 is 0 Å². The lowest BCUT2D eigenvalue weighted by molar-refractivity contribution is -0.00545. The van der Waals surface area contributed by atoms with Crippen molar-refractivity contribution in [2.45, 2.75) is 32.1 Å². The van der Waals surface area contributed by atoms with Gasteiger partial charge in [0.1, 0.15) is 5.82 Å². The minimum atomic E-state index is -0.276. The van der Waals surface area contributed by atoms with Gasteiger partial charge in [-0.05, 0) is 44.2 Å². The fourth-order valence-electron chi connectivity index (χ4n) is 3.75. The lowest BCUT2D eigenvalue weighted by Gasteiger charge is -2.36. The van der Waals surface area contributed by atoms with Crippen LogP contribution in [0.5, 0.6) is 0 Å². The molecule has 0 amide bonds. The number of methoxy groups -OCH3 is 1. The molecule has 3 aromatic heterocycles. The monoisotopic (exact) mass is 393 g/mol. The van der Waals surface area contributed by atoms with Crippen molar-refractivity contribution < 1.29 is 9.47 Å². The Hall–Kier alpha value is -2.61. The van der Waals surface area contributed by atoms with E-state index in [0.717, 1.165) is 46.9 Å². The molecule has 4 heterocycles. The molecule has 0 saturated carbocycles. The zero-order chi connectivity index (χ0) is 20.4. The van der Waals surface area contributed by atoms with Crippen LogP contribution in [0.2, 0.25) is 0 Å². The van der Waals surface area contributed by atoms with Crippen LogP contribution in [0.1, 0.15) is 25.6 Å². The van der Waals surface area contributed by atoms with Gasteiger partial charge in [-0.15, -0.1) is 0 Å². The van der Waals surface area contributed by atoms with Crippen LogP contribution in [-0.2, 0) is 9.47 Å². The Morgan fingerprint density at radius 2 is 1.90 bits per heavy atom. The first-order chi connectivity index (χ1) is 14.0. The van der Waals surface area contributed by atoms with Gasteiger partial charge in [0, 0.05) is 31.8 Å². The number of fused-ring (bicyclic) bond motifs is 1. The largest absolute Gasteiger partial charge is 0.383 e. The fourth-order valence-corrected chi connectivity index (χ4v) is 3.75. The molecule has 4 rings (SSSR count). The Balaban J connectivity index is 1.65. The quantitative estimate of drug-likeness (QED) is 0.713. The van der Waals surface area contributed by atoms with Crippen molar-refractivity contribution in [2.75, 3.05) is 31.7 Å². The predicted molar refractivity (Wildman–Crippen MR) is 114 cm³/mol. The van der Waals surface area contributed by atoms with Gasteiger partial charge in [-0.1, -0.05) is 6.07 Å². The predicted octanol–water partition coefficient (Wildman–Crippen LogP) is 2.95. The maximum Gasteiger partial charge on any atom is 0.129 e. The third-order valence-electron chi connectivity index (χ3n) is 5.06. The number of hydrogen-bond acceptors (Lipinski definition) is 7. The van der Waals surface area contributed by atoms with E-state index in [0.29, 0.717) is 6.61 Å². The van der Waals surface area contributed by atoms with Crippen LogP contribution < -0.4 is 10.6 Å². The van der Waals surface area contributed by atoms with Crippen molar-refractivity contribution in [1.82, 2.24) is 15.0 Å². The SMILES string of the molecule is COCC(N)c1cc2nc(-c3cccc(N4C[C@@H](C)O[C@@H](C)C4)n3)ccc2cn1. The molecule has 152 valence electrons. The smallest absolute Gasteiger partial charge is 0.129 e. The van der Waals surface area contributed by atoms with Crippen molar-refractivity contribution >= 4 is 16.7 Å². The Morgan fingerprint density at radius 3 is 2.66 bits per heavy atom. The van der Waals surface area contributed by atoms with Crippen molar-refractivity contribution in [3.8, 4) is 11.4 Å². The number of ether oxygens (including phenoxy) is 2. The maximum absolute atomic E-state index is 6.13. The second-order valence-electron chi connectivity index (χ2n) is 7.60. The number of anilines is 1. The Morgan fingerprint density at radius 1 is 1.14 bits per heavy atom. The Kier molecular flexibility index (Phi) is 5.71. The number of morpholine rings is 1. The topological polar surface area (TPSA) is 86.4 Å². The highest BCUT2D eigenvalue weighted by Crippen LogP contribution is 2.24. The molecule has 1 saturated heterocycles. The van der Waals surface area contributed by atoms with Gasteiger partial charge >= 0.3 is 0 Å². The van der Waals surface area contributed by atoms with E-state index in [1.165, 1.54) is 0 Å². The highest BCUT2D eigenvalue weighted by atomic mass is 16.5. The molecule has 1 unspecified atom stereocenters. The summed E-state index contributed by atoms with van der Waals surface area (Å²) in [5.74, 6) is 0.948. The van der Waals surface area contributed by atoms with Crippen LogP contribution in [0, 0.1) is 0 Å². The van der Waals surface area contributed by atoms with Gasteiger partial charge in [0.05, 0.1) is 47.5 Å². The van der Waals surface area contributed by atoms with E-state index >= 15 is 0 Å². The van der Waals surface area contributed by atoms with Crippen molar-refractivity contribution in [2.24, 2.45) is 5.73 Å². The molecule has 3 atom stereocenters. The van der Waals surface area contributed by atoms with Gasteiger partial charge < -0.3 is 20.1 Å². The van der Waals surface area contributed by atoms with E-state index in [-0.39, 0.29) is 18.2 Å². The third-order valence-corrected chi connectivity index (χ3v) is 5.06. The summed E-state index contributed by atoms with van der Waals surface area (Å²) < 4.78 is 11.0. The summed E-state index contributed by atoms with van der Waals surface area (Å²) in [7, 11) is 1.63. The van der Waals surface area contributed by atoms with Crippen molar-refractivity contribution in [1.29, 1.82) is 0 Å². The van der Waals surface area contributed by atoms with E-state index < -0.39 is 0 Å². The molecule has 2 N–H and O–H groups in total. The molecule has 0 aromatic carbocycles. The van der Waals surface area contributed by atoms with E-state index in [2.05, 4.69) is 23.7 Å². The number of rotatable bonds is 5. The summed E-state index contributed by atoms with van der Waals surface area (Å²) in [6, 6.07) is 11.7. The third kappa shape index (κ3) is 4.37. The molecular weight excluding hydrogens is 366 g/mol. The summed E-state index contributed by atoms with van der Waals surface area (Å²) in [5, 5.41) is 0.967. The molecule has 0 bridgehead atoms. The zero-order valence-corrected chi connectivity index (χ0v) is 17.1. The first kappa shape index (κ1) is 19.7. The maximum atomic E-state index is 6.13. The lowest BCUT2D eigenvalue weighted by atomic mass is 10.1. The van der Waals surface area contributed by atoms with Crippen LogP contribution in [-0.4, -0.2) is 54.0 Å². The van der Waals surface area contributed by atoms with Crippen LogP contribution in [0.4, 0.5) is 5.82 Å². The summed E-state index contributed by atoms with van der Waals surface area (Å²) in [6.07, 6.45) is 2.17. The number of hydrogen-bond donors (Lipinski definition) is 1. The van der Waals surface area contributed by atoms with Crippen LogP contribution in [0.25, 0.3) is 22.3 Å². The van der Waals surface area contributed by atoms with E-state index in [4.69, 9.17) is 25.2 Å². The van der Waals surface area contributed by atoms with Crippen LogP contribution in [0.15, 0.2) is 42.6 Å². The fraction of sp³-hybridized carbons (Fsp3) is 0.409. The molecule has 0 spiro atoms. The zero-order valence-electron chi connectivity index (χ0n) is 17.1. The first-order valence-corrected chi connectivity index (χ1v) is 9.92. The van der Waals surface area contributed by atoms with Crippen molar-refractivity contribution in [3.05, 3.63) is 48.3 Å². The number of nitrogens with zero attached hydrogens (tertiary/aromatic N) is 4. The second-order valence-corrected chi connectivity index (χ2v) is 7.60. The summed E-state index contributed by atoms with van der Waals surface area (Å²) >= 11 is 0. The number of aromatic nitrogens is 3. The molecule has 1 fully saturated rings. The summed E-state index contributed by atoms with van der Waals surface area (Å²) in [5.41, 5.74) is 9.41.